The quantitative estimate of drug-likeness (QED) is 0.622. The molecule has 3 aromatic rings. The lowest BCUT2D eigenvalue weighted by molar-refractivity contribution is 0.399. The second-order valence-corrected chi connectivity index (χ2v) is 4.43. The molecule has 0 saturated heterocycles. The Morgan fingerprint density at radius 3 is 2.62 bits per heavy atom. The lowest BCUT2D eigenvalue weighted by Gasteiger charge is -2.11. The highest BCUT2D eigenvalue weighted by Crippen LogP contribution is 2.30. The zero-order valence-electron chi connectivity index (χ0n) is 12.1. The van der Waals surface area contributed by atoms with Crippen LogP contribution >= 0.6 is 0 Å². The van der Waals surface area contributed by atoms with Crippen molar-refractivity contribution in [3.63, 3.8) is 0 Å². The summed E-state index contributed by atoms with van der Waals surface area (Å²) >= 11 is 0. The second-order valence-electron chi connectivity index (χ2n) is 4.43. The normalized spacial score (nSPS) is 10.2. The summed E-state index contributed by atoms with van der Waals surface area (Å²) in [4.78, 5) is 4.37. The summed E-state index contributed by atoms with van der Waals surface area (Å²) in [5.74, 6) is 0.592. The molecule has 6 nitrogen and oxygen atoms in total. The molecule has 0 amide bonds. The number of nitrogen functional groups attached to an aromatic ring is 2. The molecule has 0 aliphatic rings. The standard InChI is InChI=1S/C14H15N5.CH4O/c1-2-9-7-10(15)3-4-11(9)12-8-17-13-5-6-18-19(13)14(12)16;1-2/h3-8H,2,15-16H2,1H3;2H,1H3. The molecule has 0 unspecified atom stereocenters. The van der Waals surface area contributed by atoms with E-state index in [1.54, 1.807) is 16.9 Å². The first-order chi connectivity index (χ1) is 10.2. The van der Waals surface area contributed by atoms with Crippen molar-refractivity contribution in [3.8, 4) is 11.1 Å². The van der Waals surface area contributed by atoms with Crippen LogP contribution < -0.4 is 11.5 Å². The molecule has 110 valence electrons. The Balaban J connectivity index is 0.000000774. The Bertz CT molecular complexity index is 751. The number of fused-ring (bicyclic) bond motifs is 1. The third kappa shape index (κ3) is 2.66. The molecule has 1 aromatic carbocycles. The van der Waals surface area contributed by atoms with Gasteiger partial charge in [-0.15, -0.1) is 0 Å². The summed E-state index contributed by atoms with van der Waals surface area (Å²) in [7, 11) is 1.00. The van der Waals surface area contributed by atoms with E-state index in [0.29, 0.717) is 5.82 Å². The molecule has 0 radical (unpaired) electrons. The van der Waals surface area contributed by atoms with Crippen LogP contribution in [0.25, 0.3) is 16.8 Å². The molecule has 0 spiro atoms. The number of nitrogens with two attached hydrogens (primary N) is 2. The van der Waals surface area contributed by atoms with Crippen molar-refractivity contribution in [1.82, 2.24) is 14.6 Å². The van der Waals surface area contributed by atoms with Crippen molar-refractivity contribution in [1.29, 1.82) is 0 Å². The lowest BCUT2D eigenvalue weighted by atomic mass is 9.99. The first-order valence-electron chi connectivity index (χ1n) is 6.62. The van der Waals surface area contributed by atoms with Gasteiger partial charge in [0.05, 0.1) is 6.20 Å². The molecule has 21 heavy (non-hydrogen) atoms. The summed E-state index contributed by atoms with van der Waals surface area (Å²) in [5, 5.41) is 11.2. The van der Waals surface area contributed by atoms with E-state index in [1.165, 1.54) is 0 Å². The second kappa shape index (κ2) is 6.23. The molecule has 3 rings (SSSR count). The number of nitrogens with zero attached hydrogens (tertiary/aromatic N) is 3. The number of rotatable bonds is 2. The highest BCUT2D eigenvalue weighted by atomic mass is 16.2. The molecule has 0 aliphatic heterocycles. The Morgan fingerprint density at radius 1 is 1.14 bits per heavy atom. The fourth-order valence-electron chi connectivity index (χ4n) is 2.27. The van der Waals surface area contributed by atoms with Gasteiger partial charge in [-0.2, -0.15) is 9.61 Å². The van der Waals surface area contributed by atoms with Gasteiger partial charge in [0, 0.05) is 30.6 Å². The van der Waals surface area contributed by atoms with Crippen LogP contribution in [-0.4, -0.2) is 26.8 Å². The zero-order valence-corrected chi connectivity index (χ0v) is 12.1. The summed E-state index contributed by atoms with van der Waals surface area (Å²) in [6.45, 7) is 2.09. The van der Waals surface area contributed by atoms with Crippen LogP contribution in [0.15, 0.2) is 36.7 Å². The molecule has 0 aliphatic carbocycles. The first-order valence-corrected chi connectivity index (χ1v) is 6.62. The maximum Gasteiger partial charge on any atom is 0.157 e. The van der Waals surface area contributed by atoms with Gasteiger partial charge in [0.15, 0.2) is 5.65 Å². The van der Waals surface area contributed by atoms with Gasteiger partial charge in [-0.3, -0.25) is 0 Å². The van der Waals surface area contributed by atoms with Crippen LogP contribution in [0.1, 0.15) is 12.5 Å². The van der Waals surface area contributed by atoms with E-state index in [2.05, 4.69) is 17.0 Å². The lowest BCUT2D eigenvalue weighted by Crippen LogP contribution is -2.03. The van der Waals surface area contributed by atoms with Gasteiger partial charge in [0.2, 0.25) is 0 Å². The molecular formula is C15H19N5O. The van der Waals surface area contributed by atoms with Gasteiger partial charge >= 0.3 is 0 Å². The van der Waals surface area contributed by atoms with Gasteiger partial charge in [-0.05, 0) is 29.7 Å². The number of hydrogen-bond acceptors (Lipinski definition) is 5. The predicted molar refractivity (Wildman–Crippen MR) is 84.8 cm³/mol. The van der Waals surface area contributed by atoms with E-state index in [9.17, 15) is 0 Å². The topological polar surface area (TPSA) is 102 Å². The third-order valence-electron chi connectivity index (χ3n) is 3.25. The van der Waals surface area contributed by atoms with Crippen LogP contribution in [0.2, 0.25) is 0 Å². The molecule has 6 heteroatoms. The van der Waals surface area contributed by atoms with E-state index >= 15 is 0 Å². The molecule has 5 N–H and O–H groups in total. The van der Waals surface area contributed by atoms with Crippen molar-refractivity contribution in [3.05, 3.63) is 42.2 Å². The van der Waals surface area contributed by atoms with Crippen molar-refractivity contribution in [2.75, 3.05) is 18.6 Å². The fourth-order valence-corrected chi connectivity index (χ4v) is 2.27. The van der Waals surface area contributed by atoms with E-state index in [-0.39, 0.29) is 0 Å². The largest absolute Gasteiger partial charge is 0.400 e. The Morgan fingerprint density at radius 2 is 1.90 bits per heavy atom. The number of aromatic nitrogens is 3. The van der Waals surface area contributed by atoms with E-state index in [4.69, 9.17) is 16.6 Å². The van der Waals surface area contributed by atoms with Gasteiger partial charge < -0.3 is 16.6 Å². The van der Waals surface area contributed by atoms with Gasteiger partial charge in [-0.1, -0.05) is 13.0 Å². The van der Waals surface area contributed by atoms with E-state index < -0.39 is 0 Å². The number of aryl methyl sites for hydroxylation is 1. The van der Waals surface area contributed by atoms with Crippen molar-refractivity contribution >= 4 is 17.2 Å². The van der Waals surface area contributed by atoms with E-state index in [0.717, 1.165) is 41.6 Å². The predicted octanol–water partition coefficient (Wildman–Crippen LogP) is 1.73. The maximum absolute atomic E-state index is 7.00. The number of aliphatic hydroxyl groups is 1. The van der Waals surface area contributed by atoms with Crippen molar-refractivity contribution in [2.24, 2.45) is 0 Å². The van der Waals surface area contributed by atoms with Gasteiger partial charge in [0.1, 0.15) is 5.82 Å². The molecule has 0 fully saturated rings. The maximum atomic E-state index is 7.00. The number of benzene rings is 1. The minimum Gasteiger partial charge on any atom is -0.400 e. The Kier molecular flexibility index (Phi) is 4.39. The minimum absolute atomic E-state index is 0.592. The molecular weight excluding hydrogens is 266 g/mol. The summed E-state index contributed by atoms with van der Waals surface area (Å²) in [6.07, 6.45) is 4.36. The molecule has 0 bridgehead atoms. The Labute approximate surface area is 123 Å². The van der Waals surface area contributed by atoms with E-state index in [1.807, 2.05) is 24.3 Å². The highest BCUT2D eigenvalue weighted by Gasteiger charge is 2.11. The summed E-state index contributed by atoms with van der Waals surface area (Å²) in [5.41, 5.74) is 16.6. The average Bonchev–Trinajstić information content (AvgIpc) is 2.99. The number of hydrogen-bond donors (Lipinski definition) is 3. The van der Waals surface area contributed by atoms with Gasteiger partial charge in [0.25, 0.3) is 0 Å². The van der Waals surface area contributed by atoms with Crippen molar-refractivity contribution < 1.29 is 5.11 Å². The zero-order chi connectivity index (χ0) is 15.4. The Hall–Kier alpha value is -2.60. The van der Waals surface area contributed by atoms with Crippen LogP contribution in [0.4, 0.5) is 11.5 Å². The SMILES string of the molecule is CCc1cc(N)ccc1-c1cnc2ccnn2c1N.CO. The van der Waals surface area contributed by atoms with Gasteiger partial charge in [-0.25, -0.2) is 4.98 Å². The monoisotopic (exact) mass is 285 g/mol. The average molecular weight is 285 g/mol. The van der Waals surface area contributed by atoms with Crippen LogP contribution in [0, 0.1) is 0 Å². The summed E-state index contributed by atoms with van der Waals surface area (Å²) < 4.78 is 1.64. The highest BCUT2D eigenvalue weighted by molar-refractivity contribution is 5.78. The van der Waals surface area contributed by atoms with Crippen LogP contribution in [0.5, 0.6) is 0 Å². The molecule has 2 aromatic heterocycles. The van der Waals surface area contributed by atoms with Crippen LogP contribution in [-0.2, 0) is 6.42 Å². The molecule has 0 saturated carbocycles. The summed E-state index contributed by atoms with van der Waals surface area (Å²) in [6, 6.07) is 7.66. The molecule has 0 atom stereocenters. The molecule has 2 heterocycles. The third-order valence-corrected chi connectivity index (χ3v) is 3.25. The van der Waals surface area contributed by atoms with Crippen LogP contribution in [0.3, 0.4) is 0 Å². The van der Waals surface area contributed by atoms with Crippen molar-refractivity contribution in [2.45, 2.75) is 13.3 Å². The number of anilines is 2. The minimum atomic E-state index is 0.592. The first kappa shape index (κ1) is 14.8. The number of aliphatic hydroxyl groups excluding tert-OH is 1. The fraction of sp³-hybridized carbons (Fsp3) is 0.200. The smallest absolute Gasteiger partial charge is 0.157 e.